The van der Waals surface area contributed by atoms with E-state index >= 15 is 0 Å². The topological polar surface area (TPSA) is 9.23 Å². The third kappa shape index (κ3) is 3.04. The fourth-order valence-corrected chi connectivity index (χ4v) is 3.16. The molecular weight excluding hydrogens is 156 g/mol. The Morgan fingerprint density at radius 1 is 1.55 bits per heavy atom. The van der Waals surface area contributed by atoms with Crippen LogP contribution >= 0.6 is 11.8 Å². The van der Waals surface area contributed by atoms with Crippen molar-refractivity contribution in [2.24, 2.45) is 5.92 Å². The molecule has 0 aromatic carbocycles. The maximum Gasteiger partial charge on any atom is 0.0462 e. The summed E-state index contributed by atoms with van der Waals surface area (Å²) in [7, 11) is 1.78. The summed E-state index contributed by atoms with van der Waals surface area (Å²) >= 11 is 2.15. The Hall–Kier alpha value is 0.310. The average Bonchev–Trinajstić information content (AvgIpc) is 2.37. The van der Waals surface area contributed by atoms with E-state index in [0.29, 0.717) is 0 Å². The molecule has 1 nitrogen and oxygen atoms in total. The van der Waals surface area contributed by atoms with Crippen LogP contribution in [0.5, 0.6) is 0 Å². The van der Waals surface area contributed by atoms with E-state index in [1.807, 2.05) is 0 Å². The normalized spacial score (nSPS) is 31.1. The third-order valence-electron chi connectivity index (χ3n) is 2.38. The number of hydrogen-bond acceptors (Lipinski definition) is 2. The SMILES string of the molecule is COCCCC1SCCC1C. The molecule has 0 aromatic heterocycles. The van der Waals surface area contributed by atoms with E-state index in [0.717, 1.165) is 17.8 Å². The molecule has 1 fully saturated rings. The largest absolute Gasteiger partial charge is 0.385 e. The molecule has 66 valence electrons. The second-order valence-electron chi connectivity index (χ2n) is 3.31. The van der Waals surface area contributed by atoms with Crippen molar-refractivity contribution in [1.82, 2.24) is 0 Å². The summed E-state index contributed by atoms with van der Waals surface area (Å²) < 4.78 is 5.03. The second kappa shape index (κ2) is 5.04. The lowest BCUT2D eigenvalue weighted by atomic mass is 10.0. The standard InChI is InChI=1S/C9H18OS/c1-8-5-7-11-9(8)4-3-6-10-2/h8-9H,3-7H2,1-2H3. The van der Waals surface area contributed by atoms with Crippen molar-refractivity contribution >= 4 is 11.8 Å². The van der Waals surface area contributed by atoms with Crippen molar-refractivity contribution in [3.05, 3.63) is 0 Å². The van der Waals surface area contributed by atoms with Crippen molar-refractivity contribution < 1.29 is 4.74 Å². The van der Waals surface area contributed by atoms with Crippen LogP contribution in [0.1, 0.15) is 26.2 Å². The van der Waals surface area contributed by atoms with Crippen LogP contribution in [0.15, 0.2) is 0 Å². The average molecular weight is 174 g/mol. The molecule has 0 amide bonds. The number of ether oxygens (including phenoxy) is 1. The Balaban J connectivity index is 2.05. The van der Waals surface area contributed by atoms with Crippen molar-refractivity contribution in [3.8, 4) is 0 Å². The molecule has 2 unspecified atom stereocenters. The quantitative estimate of drug-likeness (QED) is 0.606. The predicted molar refractivity (Wildman–Crippen MR) is 51.1 cm³/mol. The fourth-order valence-electron chi connectivity index (χ4n) is 1.55. The highest BCUT2D eigenvalue weighted by molar-refractivity contribution is 8.00. The van der Waals surface area contributed by atoms with E-state index < -0.39 is 0 Å². The second-order valence-corrected chi connectivity index (χ2v) is 4.66. The van der Waals surface area contributed by atoms with Crippen molar-refractivity contribution in [1.29, 1.82) is 0 Å². The summed E-state index contributed by atoms with van der Waals surface area (Å²) in [6.07, 6.45) is 4.00. The molecule has 0 radical (unpaired) electrons. The van der Waals surface area contributed by atoms with E-state index in [9.17, 15) is 0 Å². The van der Waals surface area contributed by atoms with E-state index in [2.05, 4.69) is 18.7 Å². The van der Waals surface area contributed by atoms with Gasteiger partial charge in [0.1, 0.15) is 0 Å². The van der Waals surface area contributed by atoms with Crippen LogP contribution in [0, 0.1) is 5.92 Å². The van der Waals surface area contributed by atoms with Gasteiger partial charge in [-0.1, -0.05) is 6.92 Å². The molecule has 0 aliphatic carbocycles. The van der Waals surface area contributed by atoms with Gasteiger partial charge in [-0.15, -0.1) is 0 Å². The molecule has 0 aromatic rings. The van der Waals surface area contributed by atoms with Crippen LogP contribution in [0.4, 0.5) is 0 Å². The Morgan fingerprint density at radius 3 is 2.91 bits per heavy atom. The molecule has 1 rings (SSSR count). The van der Waals surface area contributed by atoms with Gasteiger partial charge in [0.05, 0.1) is 0 Å². The summed E-state index contributed by atoms with van der Waals surface area (Å²) in [5.41, 5.74) is 0. The van der Waals surface area contributed by atoms with Gasteiger partial charge >= 0.3 is 0 Å². The van der Waals surface area contributed by atoms with Gasteiger partial charge in [0.2, 0.25) is 0 Å². The monoisotopic (exact) mass is 174 g/mol. The van der Waals surface area contributed by atoms with Crippen molar-refractivity contribution in [2.45, 2.75) is 31.4 Å². The Kier molecular flexibility index (Phi) is 4.31. The van der Waals surface area contributed by atoms with Gasteiger partial charge in [-0.25, -0.2) is 0 Å². The van der Waals surface area contributed by atoms with Gasteiger partial charge in [0.15, 0.2) is 0 Å². The minimum Gasteiger partial charge on any atom is -0.385 e. The zero-order chi connectivity index (χ0) is 8.10. The lowest BCUT2D eigenvalue weighted by molar-refractivity contribution is 0.191. The lowest BCUT2D eigenvalue weighted by Crippen LogP contribution is -2.08. The van der Waals surface area contributed by atoms with E-state index in [1.165, 1.54) is 25.0 Å². The van der Waals surface area contributed by atoms with E-state index in [1.54, 1.807) is 7.11 Å². The Morgan fingerprint density at radius 2 is 2.36 bits per heavy atom. The number of hydrogen-bond donors (Lipinski definition) is 0. The van der Waals surface area contributed by atoms with Crippen LogP contribution in [-0.4, -0.2) is 24.7 Å². The zero-order valence-electron chi connectivity index (χ0n) is 7.51. The number of thioether (sulfide) groups is 1. The summed E-state index contributed by atoms with van der Waals surface area (Å²) in [4.78, 5) is 0. The van der Waals surface area contributed by atoms with Crippen molar-refractivity contribution in [3.63, 3.8) is 0 Å². The molecule has 2 heteroatoms. The molecule has 0 saturated carbocycles. The van der Waals surface area contributed by atoms with E-state index in [-0.39, 0.29) is 0 Å². The number of rotatable bonds is 4. The van der Waals surface area contributed by atoms with Crippen LogP contribution in [-0.2, 0) is 4.74 Å². The third-order valence-corrected chi connectivity index (χ3v) is 3.98. The van der Waals surface area contributed by atoms with Gasteiger partial charge in [0, 0.05) is 19.0 Å². The molecule has 0 bridgehead atoms. The highest BCUT2D eigenvalue weighted by Gasteiger charge is 2.22. The van der Waals surface area contributed by atoms with Gasteiger partial charge < -0.3 is 4.74 Å². The van der Waals surface area contributed by atoms with Crippen molar-refractivity contribution in [2.75, 3.05) is 19.5 Å². The maximum absolute atomic E-state index is 5.03. The first-order chi connectivity index (χ1) is 5.34. The smallest absolute Gasteiger partial charge is 0.0462 e. The van der Waals surface area contributed by atoms with Crippen LogP contribution in [0.2, 0.25) is 0 Å². The van der Waals surface area contributed by atoms with Crippen LogP contribution < -0.4 is 0 Å². The van der Waals surface area contributed by atoms with Gasteiger partial charge in [-0.2, -0.15) is 11.8 Å². The highest BCUT2D eigenvalue weighted by Crippen LogP contribution is 2.34. The van der Waals surface area contributed by atoms with Gasteiger partial charge in [0.25, 0.3) is 0 Å². The molecule has 11 heavy (non-hydrogen) atoms. The molecule has 1 aliphatic rings. The zero-order valence-corrected chi connectivity index (χ0v) is 8.32. The fraction of sp³-hybridized carbons (Fsp3) is 1.00. The summed E-state index contributed by atoms with van der Waals surface area (Å²) in [5, 5.41) is 0.921. The molecule has 2 atom stereocenters. The summed E-state index contributed by atoms with van der Waals surface area (Å²) in [6.45, 7) is 3.31. The van der Waals surface area contributed by atoms with E-state index in [4.69, 9.17) is 4.74 Å². The molecule has 1 aliphatic heterocycles. The minimum atomic E-state index is 0.921. The predicted octanol–water partition coefficient (Wildman–Crippen LogP) is 2.55. The minimum absolute atomic E-state index is 0.921. The van der Waals surface area contributed by atoms with Gasteiger partial charge in [-0.3, -0.25) is 0 Å². The first-order valence-corrected chi connectivity index (χ1v) is 5.50. The first kappa shape index (κ1) is 9.40. The Labute approximate surface area is 73.9 Å². The highest BCUT2D eigenvalue weighted by atomic mass is 32.2. The lowest BCUT2D eigenvalue weighted by Gasteiger charge is -2.13. The van der Waals surface area contributed by atoms with Crippen LogP contribution in [0.25, 0.3) is 0 Å². The molecule has 1 heterocycles. The molecule has 0 N–H and O–H groups in total. The maximum atomic E-state index is 5.03. The molecule has 1 saturated heterocycles. The number of methoxy groups -OCH3 is 1. The summed E-state index contributed by atoms with van der Waals surface area (Å²) in [6, 6.07) is 0. The molecule has 0 spiro atoms. The van der Waals surface area contributed by atoms with Gasteiger partial charge in [-0.05, 0) is 30.9 Å². The van der Waals surface area contributed by atoms with Crippen LogP contribution in [0.3, 0.4) is 0 Å². The first-order valence-electron chi connectivity index (χ1n) is 4.45. The summed E-state index contributed by atoms with van der Waals surface area (Å²) in [5.74, 6) is 2.32. The molecular formula is C9H18OS. The Bertz CT molecular complexity index is 106.